The Kier molecular flexibility index (Phi) is 3.80. The van der Waals surface area contributed by atoms with Gasteiger partial charge in [-0.05, 0) is 12.1 Å². The van der Waals surface area contributed by atoms with Crippen LogP contribution in [0.5, 0.6) is 0 Å². The smallest absolute Gasteiger partial charge is 0.222 e. The average molecular weight is 287 g/mol. The van der Waals surface area contributed by atoms with Gasteiger partial charge in [0.05, 0.1) is 18.6 Å². The number of nitrogens with zero attached hydrogens (tertiary/aromatic N) is 3. The Balaban J connectivity index is 1.61. The van der Waals surface area contributed by atoms with Crippen LogP contribution in [0.2, 0.25) is 0 Å². The number of nitrogens with one attached hydrogen (secondary N) is 1. The van der Waals surface area contributed by atoms with Crippen LogP contribution >= 0.6 is 12.0 Å². The predicted molar refractivity (Wildman–Crippen MR) is 78.1 cm³/mol. The second-order valence-corrected chi connectivity index (χ2v) is 4.97. The van der Waals surface area contributed by atoms with Crippen molar-refractivity contribution in [2.75, 3.05) is 12.3 Å². The third kappa shape index (κ3) is 2.89. The summed E-state index contributed by atoms with van der Waals surface area (Å²) in [7, 11) is 0. The van der Waals surface area contributed by atoms with E-state index >= 15 is 0 Å². The first-order valence-electron chi connectivity index (χ1n) is 6.13. The van der Waals surface area contributed by atoms with Crippen LogP contribution in [0.3, 0.4) is 0 Å². The van der Waals surface area contributed by atoms with Gasteiger partial charge in [-0.1, -0.05) is 18.2 Å². The van der Waals surface area contributed by atoms with Crippen molar-refractivity contribution in [3.63, 3.8) is 0 Å². The molecule has 0 aliphatic carbocycles. The van der Waals surface area contributed by atoms with E-state index in [1.165, 1.54) is 12.0 Å². The molecule has 0 aliphatic heterocycles. The van der Waals surface area contributed by atoms with E-state index in [0.29, 0.717) is 18.7 Å². The van der Waals surface area contributed by atoms with Crippen molar-refractivity contribution in [2.45, 2.75) is 11.3 Å². The summed E-state index contributed by atoms with van der Waals surface area (Å²) in [6.45, 7) is 0.532. The number of nitrogens with two attached hydrogens (primary N) is 1. The van der Waals surface area contributed by atoms with Crippen molar-refractivity contribution < 1.29 is 4.18 Å². The lowest BCUT2D eigenvalue weighted by molar-refractivity contribution is 0.377. The van der Waals surface area contributed by atoms with Gasteiger partial charge in [-0.25, -0.2) is 9.97 Å². The first-order chi connectivity index (χ1) is 9.83. The maximum absolute atomic E-state index is 5.66. The van der Waals surface area contributed by atoms with Gasteiger partial charge in [-0.3, -0.25) is 0 Å². The fraction of sp³-hybridized carbons (Fsp3) is 0.154. The summed E-state index contributed by atoms with van der Waals surface area (Å²) in [6, 6.07) is 9.93. The quantitative estimate of drug-likeness (QED) is 0.552. The number of rotatable bonds is 5. The Morgan fingerprint density at radius 1 is 1.20 bits per heavy atom. The molecule has 7 heteroatoms. The summed E-state index contributed by atoms with van der Waals surface area (Å²) >= 11 is 1.35. The zero-order valence-corrected chi connectivity index (χ0v) is 11.4. The fourth-order valence-corrected chi connectivity index (χ4v) is 2.39. The van der Waals surface area contributed by atoms with Crippen molar-refractivity contribution in [3.05, 3.63) is 42.4 Å². The van der Waals surface area contributed by atoms with E-state index in [2.05, 4.69) is 19.9 Å². The van der Waals surface area contributed by atoms with E-state index in [1.807, 2.05) is 30.3 Å². The highest BCUT2D eigenvalue weighted by Gasteiger charge is 2.08. The van der Waals surface area contributed by atoms with Gasteiger partial charge in [0.25, 0.3) is 0 Å². The molecule has 0 bridgehead atoms. The molecule has 3 aromatic rings. The molecule has 0 fully saturated rings. The summed E-state index contributed by atoms with van der Waals surface area (Å²) in [5.41, 5.74) is 7.87. The van der Waals surface area contributed by atoms with Crippen LogP contribution < -0.4 is 5.73 Å². The Morgan fingerprint density at radius 3 is 2.90 bits per heavy atom. The Morgan fingerprint density at radius 2 is 2.05 bits per heavy atom. The second kappa shape index (κ2) is 5.89. The van der Waals surface area contributed by atoms with Gasteiger partial charge in [0, 0.05) is 23.4 Å². The average Bonchev–Trinajstić information content (AvgIpc) is 2.92. The largest absolute Gasteiger partial charge is 0.368 e. The van der Waals surface area contributed by atoms with Gasteiger partial charge in [0.15, 0.2) is 5.65 Å². The SMILES string of the molecule is Nc1nc(CCOSc2ccccc2)c2[nH]cnc2n1. The number of aromatic nitrogens is 4. The van der Waals surface area contributed by atoms with E-state index < -0.39 is 0 Å². The van der Waals surface area contributed by atoms with Gasteiger partial charge < -0.3 is 14.9 Å². The van der Waals surface area contributed by atoms with E-state index in [0.717, 1.165) is 16.1 Å². The van der Waals surface area contributed by atoms with Crippen LogP contribution in [0, 0.1) is 0 Å². The molecule has 0 radical (unpaired) electrons. The lowest BCUT2D eigenvalue weighted by Gasteiger charge is -2.04. The summed E-state index contributed by atoms with van der Waals surface area (Å²) in [5.74, 6) is 0.232. The minimum absolute atomic E-state index is 0.232. The summed E-state index contributed by atoms with van der Waals surface area (Å²) in [5, 5.41) is 0. The van der Waals surface area contributed by atoms with Crippen LogP contribution in [0.15, 0.2) is 41.6 Å². The number of hydrogen-bond donors (Lipinski definition) is 2. The molecule has 0 saturated heterocycles. The normalized spacial score (nSPS) is 11.0. The van der Waals surface area contributed by atoms with Crippen LogP contribution in [-0.4, -0.2) is 26.5 Å². The highest BCUT2D eigenvalue weighted by Crippen LogP contribution is 2.19. The van der Waals surface area contributed by atoms with Crippen LogP contribution in [0.25, 0.3) is 11.2 Å². The van der Waals surface area contributed by atoms with Crippen LogP contribution in [0.1, 0.15) is 5.69 Å². The molecule has 2 aromatic heterocycles. The van der Waals surface area contributed by atoms with E-state index in [1.54, 1.807) is 6.33 Å². The molecule has 2 heterocycles. The Hall–Kier alpha value is -2.12. The number of nitrogen functional groups attached to an aromatic ring is 1. The second-order valence-electron chi connectivity index (χ2n) is 4.10. The molecule has 3 rings (SSSR count). The summed E-state index contributed by atoms with van der Waals surface area (Å²) in [6.07, 6.45) is 2.23. The van der Waals surface area contributed by atoms with Crippen LogP contribution in [0.4, 0.5) is 5.95 Å². The standard InChI is InChI=1S/C13H13N5OS/c14-13-17-10(11-12(18-13)16-8-15-11)6-7-19-20-9-4-2-1-3-5-9/h1-5,8H,6-7H2,(H3,14,15,16,17,18). The first kappa shape index (κ1) is 12.9. The molecule has 0 amide bonds. The Bertz CT molecular complexity index is 700. The first-order valence-corrected chi connectivity index (χ1v) is 6.87. The van der Waals surface area contributed by atoms with Crippen molar-refractivity contribution in [2.24, 2.45) is 0 Å². The maximum atomic E-state index is 5.66. The number of aromatic amines is 1. The minimum Gasteiger partial charge on any atom is -0.368 e. The molecule has 0 atom stereocenters. The lowest BCUT2D eigenvalue weighted by Crippen LogP contribution is -2.03. The van der Waals surface area contributed by atoms with Crippen LogP contribution in [-0.2, 0) is 10.6 Å². The number of H-pyrrole nitrogens is 1. The number of hydrogen-bond acceptors (Lipinski definition) is 6. The number of anilines is 1. The van der Waals surface area contributed by atoms with Crippen molar-refractivity contribution in [3.8, 4) is 0 Å². The van der Waals surface area contributed by atoms with E-state index in [-0.39, 0.29) is 5.95 Å². The molecule has 20 heavy (non-hydrogen) atoms. The van der Waals surface area contributed by atoms with Crippen molar-refractivity contribution in [1.29, 1.82) is 0 Å². The maximum Gasteiger partial charge on any atom is 0.222 e. The van der Waals surface area contributed by atoms with Gasteiger partial charge in [-0.15, -0.1) is 0 Å². The molecular formula is C13H13N5OS. The number of fused-ring (bicyclic) bond motifs is 1. The molecule has 0 saturated carbocycles. The summed E-state index contributed by atoms with van der Waals surface area (Å²) < 4.78 is 5.57. The molecule has 0 spiro atoms. The van der Waals surface area contributed by atoms with Gasteiger partial charge in [0.2, 0.25) is 5.95 Å². The lowest BCUT2D eigenvalue weighted by atomic mass is 10.3. The summed E-state index contributed by atoms with van der Waals surface area (Å²) in [4.78, 5) is 16.4. The molecule has 0 aliphatic rings. The zero-order valence-electron chi connectivity index (χ0n) is 10.6. The van der Waals surface area contributed by atoms with Crippen molar-refractivity contribution in [1.82, 2.24) is 19.9 Å². The molecule has 1 aromatic carbocycles. The van der Waals surface area contributed by atoms with E-state index in [9.17, 15) is 0 Å². The van der Waals surface area contributed by atoms with Crippen molar-refractivity contribution >= 4 is 29.2 Å². The molecule has 3 N–H and O–H groups in total. The third-order valence-corrected chi connectivity index (χ3v) is 3.45. The molecule has 102 valence electrons. The number of benzene rings is 1. The molecular weight excluding hydrogens is 274 g/mol. The highest BCUT2D eigenvalue weighted by atomic mass is 32.2. The monoisotopic (exact) mass is 287 g/mol. The van der Waals surface area contributed by atoms with Gasteiger partial charge in [-0.2, -0.15) is 4.98 Å². The van der Waals surface area contributed by atoms with E-state index in [4.69, 9.17) is 9.92 Å². The van der Waals surface area contributed by atoms with Gasteiger partial charge in [0.1, 0.15) is 5.52 Å². The minimum atomic E-state index is 0.232. The van der Waals surface area contributed by atoms with Gasteiger partial charge >= 0.3 is 0 Å². The topological polar surface area (TPSA) is 89.7 Å². The number of imidazole rings is 1. The molecule has 6 nitrogen and oxygen atoms in total. The predicted octanol–water partition coefficient (Wildman–Crippen LogP) is 2.20. The highest BCUT2D eigenvalue weighted by molar-refractivity contribution is 7.94. The Labute approximate surface area is 120 Å². The third-order valence-electron chi connectivity index (χ3n) is 2.70. The zero-order chi connectivity index (χ0) is 13.8. The fourth-order valence-electron chi connectivity index (χ4n) is 1.82. The molecule has 0 unspecified atom stereocenters.